The molecule has 2 rings (SSSR count). The van der Waals surface area contributed by atoms with E-state index in [0.717, 1.165) is 11.3 Å². The van der Waals surface area contributed by atoms with E-state index in [1.54, 1.807) is 12.1 Å². The van der Waals surface area contributed by atoms with Crippen LogP contribution < -0.4 is 10.5 Å². The van der Waals surface area contributed by atoms with Crippen LogP contribution in [0.15, 0.2) is 42.5 Å². The van der Waals surface area contributed by atoms with Crippen LogP contribution in [0.3, 0.4) is 0 Å². The minimum absolute atomic E-state index is 0.168. The molecule has 2 nitrogen and oxygen atoms in total. The maximum atomic E-state index is 13.4. The average molecular weight is 231 g/mol. The molecule has 0 heterocycles. The largest absolute Gasteiger partial charge is 0.494 e. The third kappa shape index (κ3) is 2.38. The topological polar surface area (TPSA) is 35.2 Å². The second kappa shape index (κ2) is 4.87. The first kappa shape index (κ1) is 11.5. The highest BCUT2D eigenvalue weighted by atomic mass is 19.1. The molecule has 0 spiro atoms. The monoisotopic (exact) mass is 231 g/mol. The molecule has 0 aliphatic heterocycles. The van der Waals surface area contributed by atoms with Gasteiger partial charge in [-0.3, -0.25) is 0 Å². The summed E-state index contributed by atoms with van der Waals surface area (Å²) in [6, 6.07) is 12.3. The van der Waals surface area contributed by atoms with Crippen LogP contribution in [0.2, 0.25) is 0 Å². The van der Waals surface area contributed by atoms with E-state index in [4.69, 9.17) is 10.5 Å². The van der Waals surface area contributed by atoms with Crippen molar-refractivity contribution in [2.24, 2.45) is 0 Å². The molecule has 0 atom stereocenters. The highest BCUT2D eigenvalue weighted by Crippen LogP contribution is 2.29. The molecule has 0 aromatic heterocycles. The molecule has 0 amide bonds. The fraction of sp³-hybridized carbons (Fsp3) is 0.143. The summed E-state index contributed by atoms with van der Waals surface area (Å²) < 4.78 is 18.8. The number of nitrogen functional groups attached to an aromatic ring is 1. The summed E-state index contributed by atoms with van der Waals surface area (Å²) in [5.74, 6) is 0.359. The zero-order valence-corrected chi connectivity index (χ0v) is 9.61. The first-order valence-electron chi connectivity index (χ1n) is 5.49. The smallest absolute Gasteiger partial charge is 0.146 e. The van der Waals surface area contributed by atoms with Gasteiger partial charge in [-0.15, -0.1) is 0 Å². The minimum Gasteiger partial charge on any atom is -0.494 e. The van der Waals surface area contributed by atoms with Crippen LogP contribution >= 0.6 is 0 Å². The van der Waals surface area contributed by atoms with Gasteiger partial charge >= 0.3 is 0 Å². The highest BCUT2D eigenvalue weighted by Gasteiger charge is 2.07. The lowest BCUT2D eigenvalue weighted by Gasteiger charge is -2.09. The number of rotatable bonds is 3. The molecular formula is C14H14FNO. The molecule has 2 aromatic carbocycles. The third-order valence-corrected chi connectivity index (χ3v) is 2.51. The summed E-state index contributed by atoms with van der Waals surface area (Å²) in [5.41, 5.74) is 7.43. The van der Waals surface area contributed by atoms with E-state index in [9.17, 15) is 4.39 Å². The number of benzene rings is 2. The number of anilines is 1. The standard InChI is InChI=1S/C14H14FNO/c1-2-17-11-6-3-5-10(9-11)12-7-4-8-13(15)14(12)16/h3-9H,2,16H2,1H3. The Morgan fingerprint density at radius 3 is 2.71 bits per heavy atom. The van der Waals surface area contributed by atoms with Crippen molar-refractivity contribution in [3.63, 3.8) is 0 Å². The van der Waals surface area contributed by atoms with Crippen LogP contribution in [0.1, 0.15) is 6.92 Å². The number of para-hydroxylation sites is 1. The molecule has 2 aromatic rings. The van der Waals surface area contributed by atoms with Crippen LogP contribution in [0.25, 0.3) is 11.1 Å². The van der Waals surface area contributed by atoms with Gasteiger partial charge in [0.05, 0.1) is 12.3 Å². The van der Waals surface area contributed by atoms with Crippen LogP contribution in [0, 0.1) is 5.82 Å². The van der Waals surface area contributed by atoms with Gasteiger partial charge in [0.2, 0.25) is 0 Å². The predicted octanol–water partition coefficient (Wildman–Crippen LogP) is 3.47. The summed E-state index contributed by atoms with van der Waals surface area (Å²) in [4.78, 5) is 0. The summed E-state index contributed by atoms with van der Waals surface area (Å²) in [7, 11) is 0. The Balaban J connectivity index is 2.45. The molecule has 0 aliphatic carbocycles. The highest BCUT2D eigenvalue weighted by molar-refractivity contribution is 5.77. The SMILES string of the molecule is CCOc1cccc(-c2cccc(F)c2N)c1. The van der Waals surface area contributed by atoms with Crippen LogP contribution in [-0.2, 0) is 0 Å². The second-order valence-corrected chi connectivity index (χ2v) is 3.66. The van der Waals surface area contributed by atoms with E-state index in [-0.39, 0.29) is 5.69 Å². The van der Waals surface area contributed by atoms with E-state index in [2.05, 4.69) is 0 Å². The summed E-state index contributed by atoms with van der Waals surface area (Å²) in [6.45, 7) is 2.52. The Bertz CT molecular complexity index is 525. The van der Waals surface area contributed by atoms with Crippen molar-refractivity contribution in [1.29, 1.82) is 0 Å². The van der Waals surface area contributed by atoms with E-state index in [1.807, 2.05) is 31.2 Å². The lowest BCUT2D eigenvalue weighted by molar-refractivity contribution is 0.340. The Labute approximate surface area is 99.8 Å². The fourth-order valence-electron chi connectivity index (χ4n) is 1.71. The maximum Gasteiger partial charge on any atom is 0.146 e. The van der Waals surface area contributed by atoms with Crippen molar-refractivity contribution >= 4 is 5.69 Å². The van der Waals surface area contributed by atoms with Gasteiger partial charge in [0, 0.05) is 5.56 Å². The molecule has 0 radical (unpaired) electrons. The van der Waals surface area contributed by atoms with Gasteiger partial charge in [-0.2, -0.15) is 0 Å². The fourth-order valence-corrected chi connectivity index (χ4v) is 1.71. The molecule has 17 heavy (non-hydrogen) atoms. The summed E-state index contributed by atoms with van der Waals surface area (Å²) in [5, 5.41) is 0. The van der Waals surface area contributed by atoms with Gasteiger partial charge < -0.3 is 10.5 Å². The number of hydrogen-bond donors (Lipinski definition) is 1. The molecule has 0 saturated heterocycles. The molecule has 0 aliphatic rings. The molecule has 0 fully saturated rings. The van der Waals surface area contributed by atoms with Gasteiger partial charge in [0.15, 0.2) is 0 Å². The van der Waals surface area contributed by atoms with Crippen molar-refractivity contribution in [1.82, 2.24) is 0 Å². The predicted molar refractivity (Wildman–Crippen MR) is 67.4 cm³/mol. The molecular weight excluding hydrogens is 217 g/mol. The molecule has 0 unspecified atom stereocenters. The van der Waals surface area contributed by atoms with Crippen molar-refractivity contribution in [3.05, 3.63) is 48.3 Å². The normalized spacial score (nSPS) is 10.2. The van der Waals surface area contributed by atoms with E-state index >= 15 is 0 Å². The van der Waals surface area contributed by atoms with E-state index < -0.39 is 5.82 Å². The van der Waals surface area contributed by atoms with Crippen LogP contribution in [0.5, 0.6) is 5.75 Å². The number of halogens is 1. The lowest BCUT2D eigenvalue weighted by atomic mass is 10.0. The lowest BCUT2D eigenvalue weighted by Crippen LogP contribution is -1.95. The molecule has 0 saturated carbocycles. The van der Waals surface area contributed by atoms with Gasteiger partial charge in [-0.1, -0.05) is 24.3 Å². The Morgan fingerprint density at radius 1 is 1.18 bits per heavy atom. The zero-order chi connectivity index (χ0) is 12.3. The van der Waals surface area contributed by atoms with Crippen LogP contribution in [0.4, 0.5) is 10.1 Å². The van der Waals surface area contributed by atoms with Crippen molar-refractivity contribution < 1.29 is 9.13 Å². The van der Waals surface area contributed by atoms with E-state index in [1.165, 1.54) is 6.07 Å². The Hall–Kier alpha value is -2.03. The molecule has 2 N–H and O–H groups in total. The molecule has 88 valence electrons. The molecule has 3 heteroatoms. The average Bonchev–Trinajstić information content (AvgIpc) is 2.33. The number of nitrogens with two attached hydrogens (primary N) is 1. The van der Waals surface area contributed by atoms with Crippen molar-refractivity contribution in [2.45, 2.75) is 6.92 Å². The Kier molecular flexibility index (Phi) is 3.28. The van der Waals surface area contributed by atoms with Gasteiger partial charge in [0.25, 0.3) is 0 Å². The summed E-state index contributed by atoms with van der Waals surface area (Å²) >= 11 is 0. The van der Waals surface area contributed by atoms with Gasteiger partial charge in [-0.25, -0.2) is 4.39 Å². The maximum absolute atomic E-state index is 13.4. The van der Waals surface area contributed by atoms with Crippen molar-refractivity contribution in [3.8, 4) is 16.9 Å². The van der Waals surface area contributed by atoms with Gasteiger partial charge in [0.1, 0.15) is 11.6 Å². The summed E-state index contributed by atoms with van der Waals surface area (Å²) in [6.07, 6.45) is 0. The van der Waals surface area contributed by atoms with E-state index in [0.29, 0.717) is 12.2 Å². The molecule has 0 bridgehead atoms. The number of ether oxygens (including phenoxy) is 1. The zero-order valence-electron chi connectivity index (χ0n) is 9.61. The van der Waals surface area contributed by atoms with Crippen molar-refractivity contribution in [2.75, 3.05) is 12.3 Å². The second-order valence-electron chi connectivity index (χ2n) is 3.66. The first-order chi connectivity index (χ1) is 8.22. The quantitative estimate of drug-likeness (QED) is 0.821. The number of hydrogen-bond acceptors (Lipinski definition) is 2. The van der Waals surface area contributed by atoms with Crippen LogP contribution in [-0.4, -0.2) is 6.61 Å². The minimum atomic E-state index is -0.399. The Morgan fingerprint density at radius 2 is 1.94 bits per heavy atom. The van der Waals surface area contributed by atoms with Gasteiger partial charge in [-0.05, 0) is 30.7 Å². The first-order valence-corrected chi connectivity index (χ1v) is 5.49. The third-order valence-electron chi connectivity index (χ3n) is 2.51.